The SMILES string of the molecule is CCCCCCCCCCCCCCCCCC(=O)OC[C@H](CO[PH](=O)OC[C@@H](COC(=O)CCCCCCCCCCCCCCCCC)OC(=O)CCCCCCCCCCCCCCCCC)OC(=O)CCCCCCCCCCCCCCCCC. The predicted molar refractivity (Wildman–Crippen MR) is 381 cm³/mol. The molecule has 11 nitrogen and oxygen atoms in total. The molecule has 0 heterocycles. The lowest BCUT2D eigenvalue weighted by molar-refractivity contribution is -0.161. The molecule has 0 N–H and O–H groups in total. The lowest BCUT2D eigenvalue weighted by Crippen LogP contribution is -2.30. The molecule has 0 aliphatic rings. The van der Waals surface area contributed by atoms with Gasteiger partial charge in [-0.3, -0.25) is 23.7 Å². The van der Waals surface area contributed by atoms with Gasteiger partial charge in [0.15, 0.2) is 12.2 Å². The highest BCUT2D eigenvalue weighted by molar-refractivity contribution is 7.33. The van der Waals surface area contributed by atoms with Crippen molar-refractivity contribution in [2.45, 2.75) is 451 Å². The van der Waals surface area contributed by atoms with Gasteiger partial charge in [-0.25, -0.2) is 0 Å². The van der Waals surface area contributed by atoms with Crippen LogP contribution in [0.5, 0.6) is 0 Å². The van der Waals surface area contributed by atoms with E-state index in [2.05, 4.69) is 27.7 Å². The summed E-state index contributed by atoms with van der Waals surface area (Å²) in [5.74, 6) is -1.55. The molecule has 2 atom stereocenters. The van der Waals surface area contributed by atoms with E-state index < -0.39 is 32.4 Å². The lowest BCUT2D eigenvalue weighted by Gasteiger charge is -2.20. The van der Waals surface area contributed by atoms with Crippen molar-refractivity contribution in [1.29, 1.82) is 0 Å². The van der Waals surface area contributed by atoms with Gasteiger partial charge in [-0.05, 0) is 25.7 Å². The van der Waals surface area contributed by atoms with Gasteiger partial charge in [-0.15, -0.1) is 0 Å². The van der Waals surface area contributed by atoms with Gasteiger partial charge >= 0.3 is 32.1 Å². The second-order valence-corrected chi connectivity index (χ2v) is 28.3. The van der Waals surface area contributed by atoms with Crippen molar-refractivity contribution in [2.24, 2.45) is 0 Å². The van der Waals surface area contributed by atoms with Crippen LogP contribution in [0, 0.1) is 0 Å². The van der Waals surface area contributed by atoms with Crippen LogP contribution in [0.3, 0.4) is 0 Å². The smallest absolute Gasteiger partial charge is 0.319 e. The minimum absolute atomic E-state index is 0.216. The Morgan fingerprint density at radius 3 is 0.556 bits per heavy atom. The van der Waals surface area contributed by atoms with Crippen molar-refractivity contribution in [3.63, 3.8) is 0 Å². The van der Waals surface area contributed by atoms with E-state index in [0.29, 0.717) is 12.8 Å². The first-order chi connectivity index (χ1) is 44.2. The monoisotopic (exact) mass is 1300 g/mol. The summed E-state index contributed by atoms with van der Waals surface area (Å²) in [5, 5.41) is 0. The number of hydrogen-bond donors (Lipinski definition) is 0. The molecule has 0 aromatic heterocycles. The highest BCUT2D eigenvalue weighted by Gasteiger charge is 2.22. The molecule has 12 heteroatoms. The molecule has 0 radical (unpaired) electrons. The Balaban J connectivity index is 5.20. The molecule has 0 saturated carbocycles. The minimum Gasteiger partial charge on any atom is -0.462 e. The zero-order valence-electron chi connectivity index (χ0n) is 60.2. The number of carbonyl (C=O) groups is 4. The van der Waals surface area contributed by atoms with E-state index in [-0.39, 0.29) is 64.0 Å². The zero-order chi connectivity index (χ0) is 65.4. The largest absolute Gasteiger partial charge is 0.462 e. The van der Waals surface area contributed by atoms with Crippen LogP contribution in [0.1, 0.15) is 439 Å². The fourth-order valence-corrected chi connectivity index (χ4v) is 12.9. The Morgan fingerprint density at radius 2 is 0.378 bits per heavy atom. The van der Waals surface area contributed by atoms with Crippen LogP contribution in [-0.4, -0.2) is 62.5 Å². The maximum atomic E-state index is 13.3. The summed E-state index contributed by atoms with van der Waals surface area (Å²) in [4.78, 5) is 52.2. The molecule has 0 fully saturated rings. The van der Waals surface area contributed by atoms with Crippen LogP contribution >= 0.6 is 8.25 Å². The number of esters is 4. The summed E-state index contributed by atoms with van der Waals surface area (Å²) < 4.78 is 47.5. The Morgan fingerprint density at radius 1 is 0.222 bits per heavy atom. The molecule has 0 rings (SSSR count). The Hall–Kier alpha value is -1.97. The summed E-state index contributed by atoms with van der Waals surface area (Å²) in [6, 6.07) is 0. The van der Waals surface area contributed by atoms with Gasteiger partial charge < -0.3 is 28.0 Å². The van der Waals surface area contributed by atoms with Gasteiger partial charge in [0.2, 0.25) is 0 Å². The van der Waals surface area contributed by atoms with Crippen molar-refractivity contribution in [3.05, 3.63) is 0 Å². The maximum Gasteiger partial charge on any atom is 0.319 e. The van der Waals surface area contributed by atoms with E-state index in [4.69, 9.17) is 28.0 Å². The van der Waals surface area contributed by atoms with E-state index in [1.54, 1.807) is 0 Å². The molecule has 0 spiro atoms. The van der Waals surface area contributed by atoms with E-state index in [0.717, 1.165) is 77.0 Å². The number of ether oxygens (including phenoxy) is 4. The van der Waals surface area contributed by atoms with Crippen molar-refractivity contribution >= 4 is 32.1 Å². The summed E-state index contributed by atoms with van der Waals surface area (Å²) in [5.41, 5.74) is 0. The number of hydrogen-bond acceptors (Lipinski definition) is 11. The molecular weight excluding hydrogens is 1140 g/mol. The fraction of sp³-hybridized carbons (Fsp3) is 0.949. The average Bonchev–Trinajstić information content (AvgIpc) is 3.76. The topological polar surface area (TPSA) is 141 Å². The minimum atomic E-state index is -3.20. The Bertz CT molecular complexity index is 1420. The number of carbonyl (C=O) groups excluding carboxylic acids is 4. The Kier molecular flexibility index (Phi) is 72.8. The summed E-state index contributed by atoms with van der Waals surface area (Å²) in [6.07, 6.45) is 73.3. The van der Waals surface area contributed by atoms with Gasteiger partial charge in [0.25, 0.3) is 0 Å². The van der Waals surface area contributed by atoms with Gasteiger partial charge in [0.05, 0.1) is 13.2 Å². The second-order valence-electron chi connectivity index (χ2n) is 27.3. The van der Waals surface area contributed by atoms with Gasteiger partial charge in [0.1, 0.15) is 13.2 Å². The molecule has 90 heavy (non-hydrogen) atoms. The zero-order valence-corrected chi connectivity index (χ0v) is 61.2. The van der Waals surface area contributed by atoms with Crippen LogP contribution in [0.15, 0.2) is 0 Å². The van der Waals surface area contributed by atoms with E-state index in [1.807, 2.05) is 0 Å². The predicted octanol–water partition coefficient (Wildman–Crippen LogP) is 25.4. The summed E-state index contributed by atoms with van der Waals surface area (Å²) in [6.45, 7) is 8.04. The fourth-order valence-electron chi connectivity index (χ4n) is 12.2. The van der Waals surface area contributed by atoms with Crippen molar-refractivity contribution < 1.29 is 51.7 Å². The standard InChI is InChI=1S/C78H151O11P/c1-5-9-13-17-21-25-29-33-37-41-45-49-53-57-61-65-75(79)84-69-73(88-77(81)67-63-59-55-51-47-43-39-35-31-27-23-19-15-11-7-3)71-86-90(83)87-72-74(89-78(82)68-64-60-56-52-48-44-40-36-32-28-24-20-16-12-8-4)70-85-76(80)66-62-58-54-50-46-42-38-34-30-26-22-18-14-10-6-2/h73-74,90H,5-72H2,1-4H3/t73-,74-/m1/s1. The highest BCUT2D eigenvalue weighted by Crippen LogP contribution is 2.26. The highest BCUT2D eigenvalue weighted by atomic mass is 31.1. The average molecular weight is 1300 g/mol. The van der Waals surface area contributed by atoms with Crippen molar-refractivity contribution in [2.75, 3.05) is 26.4 Å². The first-order valence-corrected chi connectivity index (χ1v) is 41.0. The summed E-state index contributed by atoms with van der Waals surface area (Å²) in [7, 11) is -3.20. The quantitative estimate of drug-likeness (QED) is 0.0249. The van der Waals surface area contributed by atoms with Crippen molar-refractivity contribution in [1.82, 2.24) is 0 Å². The lowest BCUT2D eigenvalue weighted by atomic mass is 10.0. The van der Waals surface area contributed by atoms with Crippen LogP contribution in [0.4, 0.5) is 0 Å². The second kappa shape index (κ2) is 74.4. The van der Waals surface area contributed by atoms with Crippen molar-refractivity contribution in [3.8, 4) is 0 Å². The van der Waals surface area contributed by atoms with Gasteiger partial charge in [-0.1, -0.05) is 387 Å². The third kappa shape index (κ3) is 70.3. The van der Waals surface area contributed by atoms with E-state index >= 15 is 0 Å². The Labute approximate surface area is 558 Å². The third-order valence-corrected chi connectivity index (χ3v) is 19.0. The molecule has 0 bridgehead atoms. The molecule has 0 aliphatic heterocycles. The number of rotatable bonds is 76. The molecule has 0 aromatic carbocycles. The molecule has 0 aromatic rings. The first kappa shape index (κ1) is 88.0. The molecule has 0 aliphatic carbocycles. The van der Waals surface area contributed by atoms with Crippen LogP contribution in [0.25, 0.3) is 0 Å². The molecular formula is C78H151O11P. The first-order valence-electron chi connectivity index (χ1n) is 39.7. The molecule has 0 amide bonds. The van der Waals surface area contributed by atoms with Gasteiger partial charge in [-0.2, -0.15) is 0 Å². The van der Waals surface area contributed by atoms with Crippen LogP contribution in [-0.2, 0) is 51.7 Å². The van der Waals surface area contributed by atoms with E-state index in [1.165, 1.54) is 295 Å². The van der Waals surface area contributed by atoms with Crippen LogP contribution in [0.2, 0.25) is 0 Å². The molecule has 0 saturated heterocycles. The third-order valence-electron chi connectivity index (χ3n) is 18.2. The van der Waals surface area contributed by atoms with E-state index in [9.17, 15) is 23.7 Å². The summed E-state index contributed by atoms with van der Waals surface area (Å²) >= 11 is 0. The normalized spacial score (nSPS) is 12.2. The van der Waals surface area contributed by atoms with Gasteiger partial charge in [0, 0.05) is 25.7 Å². The maximum absolute atomic E-state index is 13.3. The number of unbranched alkanes of at least 4 members (excludes halogenated alkanes) is 56. The van der Waals surface area contributed by atoms with Crippen LogP contribution < -0.4 is 0 Å². The molecule has 534 valence electrons. The molecule has 0 unspecified atom stereocenters.